The van der Waals surface area contributed by atoms with Crippen LogP contribution in [0, 0.1) is 0 Å². The number of hydrogen-bond acceptors (Lipinski definition) is 4. The summed E-state index contributed by atoms with van der Waals surface area (Å²) in [6.07, 6.45) is 4.23. The summed E-state index contributed by atoms with van der Waals surface area (Å²) < 4.78 is 0. The molecule has 0 saturated heterocycles. The summed E-state index contributed by atoms with van der Waals surface area (Å²) >= 11 is 0. The molecule has 0 spiro atoms. The van der Waals surface area contributed by atoms with Crippen molar-refractivity contribution in [3.05, 3.63) is 244 Å². The molecule has 0 saturated carbocycles. The van der Waals surface area contributed by atoms with Gasteiger partial charge >= 0.3 is 0 Å². The summed E-state index contributed by atoms with van der Waals surface area (Å²) in [5.41, 5.74) is 28.9. The highest BCUT2D eigenvalue weighted by molar-refractivity contribution is 7.00. The molecule has 2 aliphatic carbocycles. The first-order valence-electron chi connectivity index (χ1n) is 32.5. The SMILES string of the molecule is CC(C)(C)c1ccc(N2c3cc(N4c5ccccc5C5(C)CCc6ccccc6C45C)ccc3B3c4ccc(C(C)(C)C)cc4N(c4cccc(C(C)(C)C)c4)c4cc(N5c6ccc(C(C)(C)C)cc6C6(C)CCc7ccccc7C56C)cc2c43)cc1. The Balaban J connectivity index is 1.07. The predicted octanol–water partition coefficient (Wildman–Crippen LogP) is 19.5. The molecule has 5 heteroatoms. The summed E-state index contributed by atoms with van der Waals surface area (Å²) in [4.78, 5) is 10.9. The Morgan fingerprint density at radius 1 is 0.322 bits per heavy atom. The lowest BCUT2D eigenvalue weighted by Gasteiger charge is -2.52. The van der Waals surface area contributed by atoms with Crippen molar-refractivity contribution in [2.75, 3.05) is 19.6 Å². The molecule has 438 valence electrons. The van der Waals surface area contributed by atoms with Gasteiger partial charge in [-0.1, -0.05) is 218 Å². The molecule has 4 nitrogen and oxygen atoms in total. The van der Waals surface area contributed by atoms with Crippen LogP contribution in [0.1, 0.15) is 179 Å². The van der Waals surface area contributed by atoms with Gasteiger partial charge in [-0.15, -0.1) is 0 Å². The van der Waals surface area contributed by atoms with E-state index in [-0.39, 0.29) is 44.7 Å². The van der Waals surface area contributed by atoms with Crippen LogP contribution in [0.2, 0.25) is 0 Å². The molecule has 0 aromatic heterocycles. The highest BCUT2D eigenvalue weighted by Crippen LogP contribution is 2.66. The average Bonchev–Trinajstić information content (AvgIpc) is 1.63. The van der Waals surface area contributed by atoms with Crippen molar-refractivity contribution in [1.29, 1.82) is 0 Å². The maximum atomic E-state index is 2.82. The van der Waals surface area contributed by atoms with Crippen molar-refractivity contribution in [2.24, 2.45) is 0 Å². The highest BCUT2D eigenvalue weighted by atomic mass is 15.3. The van der Waals surface area contributed by atoms with Gasteiger partial charge in [-0.3, -0.25) is 0 Å². The van der Waals surface area contributed by atoms with Gasteiger partial charge in [0.25, 0.3) is 6.71 Å². The van der Waals surface area contributed by atoms with Gasteiger partial charge in [0.1, 0.15) is 0 Å². The summed E-state index contributed by atoms with van der Waals surface area (Å²) in [5, 5.41) is 0. The molecule has 87 heavy (non-hydrogen) atoms. The van der Waals surface area contributed by atoms with Crippen molar-refractivity contribution in [3.63, 3.8) is 0 Å². The van der Waals surface area contributed by atoms with E-state index in [1.54, 1.807) is 0 Å². The minimum absolute atomic E-state index is 0.0168. The molecule has 0 radical (unpaired) electrons. The standard InChI is InChI=1S/C82H87BN4/c1-75(2,3)54-32-36-58(37-33-54)84-71-49-60(86-68-31-22-21-30-64(68)79(13)44-42-52-24-17-19-28-62(52)81(79,86)15)38-40-67(71)83-66-39-34-57(78(10,11)12)48-70(66)85(59-27-23-26-55(46-59)76(4,5)6)73-51-61(50-72(84)74(73)83)87-69-41-35-56(77(7,8)9)47-65(69)80(14)45-43-53-25-18-20-29-63(53)82(80,87)16/h17-41,46-51H,42-45H2,1-16H3. The van der Waals surface area contributed by atoms with E-state index in [9.17, 15) is 0 Å². The van der Waals surface area contributed by atoms with Gasteiger partial charge in [-0.2, -0.15) is 0 Å². The lowest BCUT2D eigenvalue weighted by Crippen LogP contribution is -2.61. The molecule has 0 amide bonds. The third-order valence-electron chi connectivity index (χ3n) is 22.7. The zero-order chi connectivity index (χ0) is 60.9. The zero-order valence-corrected chi connectivity index (χ0v) is 54.6. The van der Waals surface area contributed by atoms with E-state index in [4.69, 9.17) is 0 Å². The Labute approximate surface area is 520 Å². The number of para-hydroxylation sites is 1. The van der Waals surface area contributed by atoms with E-state index >= 15 is 0 Å². The largest absolute Gasteiger partial charge is 0.330 e. The normalized spacial score (nSPS) is 22.4. The minimum Gasteiger partial charge on any atom is -0.330 e. The zero-order valence-electron chi connectivity index (χ0n) is 54.6. The molecule has 0 bridgehead atoms. The Bertz CT molecular complexity index is 4330. The van der Waals surface area contributed by atoms with Crippen LogP contribution in [-0.4, -0.2) is 6.71 Å². The number of anilines is 10. The molecule has 4 aliphatic heterocycles. The van der Waals surface area contributed by atoms with Crippen LogP contribution < -0.4 is 36.0 Å². The van der Waals surface area contributed by atoms with Gasteiger partial charge < -0.3 is 19.6 Å². The third-order valence-corrected chi connectivity index (χ3v) is 22.7. The van der Waals surface area contributed by atoms with E-state index in [0.29, 0.717) is 0 Å². The predicted molar refractivity (Wildman–Crippen MR) is 371 cm³/mol. The van der Waals surface area contributed by atoms with Crippen molar-refractivity contribution < 1.29 is 0 Å². The Hall–Kier alpha value is -7.76. The monoisotopic (exact) mass is 1140 g/mol. The van der Waals surface area contributed by atoms with Crippen molar-refractivity contribution in [1.82, 2.24) is 0 Å². The molecule has 9 aromatic carbocycles. The maximum absolute atomic E-state index is 2.82. The number of hydrogen-bond donors (Lipinski definition) is 0. The molecule has 6 aliphatic rings. The van der Waals surface area contributed by atoms with E-state index < -0.39 is 5.54 Å². The van der Waals surface area contributed by atoms with Crippen LogP contribution in [0.15, 0.2) is 188 Å². The molecular formula is C82H87BN4. The summed E-state index contributed by atoms with van der Waals surface area (Å²) in [6.45, 7) is 38.5. The van der Waals surface area contributed by atoms with Crippen molar-refractivity contribution in [2.45, 2.75) is 180 Å². The first kappa shape index (κ1) is 55.8. The van der Waals surface area contributed by atoms with Gasteiger partial charge in [-0.25, -0.2) is 0 Å². The Kier molecular flexibility index (Phi) is 11.8. The number of benzene rings is 9. The lowest BCUT2D eigenvalue weighted by molar-refractivity contribution is 0.245. The van der Waals surface area contributed by atoms with Gasteiger partial charge in [0, 0.05) is 67.7 Å². The van der Waals surface area contributed by atoms with Gasteiger partial charge in [0.15, 0.2) is 0 Å². The molecular weight excluding hydrogens is 1050 g/mol. The average molecular weight is 1140 g/mol. The number of nitrogens with zero attached hydrogens (tertiary/aromatic N) is 4. The van der Waals surface area contributed by atoms with Crippen LogP contribution in [0.5, 0.6) is 0 Å². The molecule has 15 rings (SSSR count). The second-order valence-electron chi connectivity index (χ2n) is 31.7. The fourth-order valence-corrected chi connectivity index (χ4v) is 17.3. The molecule has 4 unspecified atom stereocenters. The van der Waals surface area contributed by atoms with Gasteiger partial charge in [0.2, 0.25) is 0 Å². The van der Waals surface area contributed by atoms with Gasteiger partial charge in [0.05, 0.1) is 11.1 Å². The molecule has 4 atom stereocenters. The van der Waals surface area contributed by atoms with Crippen LogP contribution >= 0.6 is 0 Å². The minimum atomic E-state index is -0.440. The maximum Gasteiger partial charge on any atom is 0.252 e. The van der Waals surface area contributed by atoms with E-state index in [1.165, 1.54) is 123 Å². The number of rotatable bonds is 4. The first-order valence-corrected chi connectivity index (χ1v) is 32.5. The summed E-state index contributed by atoms with van der Waals surface area (Å²) in [5.74, 6) is 0. The van der Waals surface area contributed by atoms with Crippen molar-refractivity contribution in [3.8, 4) is 0 Å². The van der Waals surface area contributed by atoms with Crippen LogP contribution in [0.4, 0.5) is 56.9 Å². The molecule has 0 fully saturated rings. The summed E-state index contributed by atoms with van der Waals surface area (Å²) in [6, 6.07) is 75.1. The number of aryl methyl sites for hydroxylation is 2. The summed E-state index contributed by atoms with van der Waals surface area (Å²) in [7, 11) is 0. The quantitative estimate of drug-likeness (QED) is 0.163. The first-order chi connectivity index (χ1) is 41.2. The van der Waals surface area contributed by atoms with Crippen molar-refractivity contribution >= 4 is 80.0 Å². The van der Waals surface area contributed by atoms with Crippen LogP contribution in [0.3, 0.4) is 0 Å². The topological polar surface area (TPSA) is 13.0 Å². The van der Waals surface area contributed by atoms with E-state index in [1.807, 2.05) is 0 Å². The van der Waals surface area contributed by atoms with E-state index in [2.05, 4.69) is 318 Å². The second-order valence-corrected chi connectivity index (χ2v) is 31.7. The lowest BCUT2D eigenvalue weighted by atomic mass is 9.33. The fourth-order valence-electron chi connectivity index (χ4n) is 17.3. The second kappa shape index (κ2) is 18.4. The fraction of sp³-hybridized carbons (Fsp3) is 0.341. The number of fused-ring (bicyclic) bond motifs is 14. The molecule has 9 aromatic rings. The molecule has 0 N–H and O–H groups in total. The van der Waals surface area contributed by atoms with Crippen LogP contribution in [0.25, 0.3) is 0 Å². The van der Waals surface area contributed by atoms with E-state index in [0.717, 1.165) is 31.4 Å². The molecule has 4 heterocycles. The smallest absolute Gasteiger partial charge is 0.252 e. The highest BCUT2D eigenvalue weighted by Gasteiger charge is 2.62. The van der Waals surface area contributed by atoms with Gasteiger partial charge in [-0.05, 0) is 200 Å². The Morgan fingerprint density at radius 2 is 0.759 bits per heavy atom. The Morgan fingerprint density at radius 3 is 1.36 bits per heavy atom. The third kappa shape index (κ3) is 7.75. The van der Waals surface area contributed by atoms with Crippen LogP contribution in [-0.2, 0) is 56.4 Å².